The van der Waals surface area contributed by atoms with Crippen molar-refractivity contribution in [1.82, 2.24) is 0 Å². The summed E-state index contributed by atoms with van der Waals surface area (Å²) in [7, 11) is 0. The van der Waals surface area contributed by atoms with Crippen LogP contribution in [0.5, 0.6) is 0 Å². The first-order valence-corrected chi connectivity index (χ1v) is 6.86. The van der Waals surface area contributed by atoms with Crippen LogP contribution in [-0.2, 0) is 12.8 Å². The van der Waals surface area contributed by atoms with Crippen LogP contribution in [0.15, 0.2) is 66.7 Å². The third kappa shape index (κ3) is 2.53. The Balaban J connectivity index is 1.91. The van der Waals surface area contributed by atoms with Crippen molar-refractivity contribution >= 4 is 10.8 Å². The molecule has 3 aromatic rings. The van der Waals surface area contributed by atoms with E-state index in [9.17, 15) is 0 Å². The minimum absolute atomic E-state index is 1.10. The molecule has 0 aliphatic rings. The highest BCUT2D eigenvalue weighted by Gasteiger charge is 2.03. The number of rotatable bonds is 3. The van der Waals surface area contributed by atoms with Crippen LogP contribution in [0, 0.1) is 6.92 Å². The second kappa shape index (κ2) is 5.27. The first-order valence-electron chi connectivity index (χ1n) is 6.86. The molecule has 3 aromatic carbocycles. The Hall–Kier alpha value is -2.08. The van der Waals surface area contributed by atoms with Crippen LogP contribution in [0.25, 0.3) is 10.8 Å². The highest BCUT2D eigenvalue weighted by Crippen LogP contribution is 2.23. The molecule has 0 atom stereocenters. The van der Waals surface area contributed by atoms with Crippen LogP contribution < -0.4 is 0 Å². The van der Waals surface area contributed by atoms with E-state index in [0.717, 1.165) is 12.8 Å². The van der Waals surface area contributed by atoms with Crippen LogP contribution in [-0.4, -0.2) is 0 Å². The van der Waals surface area contributed by atoms with E-state index in [1.807, 2.05) is 0 Å². The van der Waals surface area contributed by atoms with Crippen LogP contribution in [0.4, 0.5) is 0 Å². The Kier molecular flexibility index (Phi) is 3.33. The zero-order valence-electron chi connectivity index (χ0n) is 11.3. The molecule has 0 fully saturated rings. The van der Waals surface area contributed by atoms with Gasteiger partial charge in [-0.15, -0.1) is 0 Å². The quantitative estimate of drug-likeness (QED) is 0.614. The lowest BCUT2D eigenvalue weighted by Gasteiger charge is -2.09. The van der Waals surface area contributed by atoms with Gasteiger partial charge < -0.3 is 0 Å². The number of hydrogen-bond donors (Lipinski definition) is 0. The second-order valence-electron chi connectivity index (χ2n) is 5.07. The molecule has 0 saturated carbocycles. The van der Waals surface area contributed by atoms with E-state index in [1.54, 1.807) is 0 Å². The van der Waals surface area contributed by atoms with E-state index in [0.29, 0.717) is 0 Å². The molecule has 0 heteroatoms. The topological polar surface area (TPSA) is 0 Å². The molecule has 0 amide bonds. The van der Waals surface area contributed by atoms with Crippen molar-refractivity contribution in [3.63, 3.8) is 0 Å². The third-order valence-electron chi connectivity index (χ3n) is 3.76. The summed E-state index contributed by atoms with van der Waals surface area (Å²) in [5.74, 6) is 0. The summed E-state index contributed by atoms with van der Waals surface area (Å²) in [5, 5.41) is 2.78. The largest absolute Gasteiger partial charge is 0.0622 e. The average Bonchev–Trinajstić information content (AvgIpc) is 2.48. The highest BCUT2D eigenvalue weighted by molar-refractivity contribution is 5.88. The van der Waals surface area contributed by atoms with Crippen LogP contribution in [0.2, 0.25) is 0 Å². The van der Waals surface area contributed by atoms with Crippen molar-refractivity contribution in [2.24, 2.45) is 0 Å². The van der Waals surface area contributed by atoms with Gasteiger partial charge in [-0.3, -0.25) is 0 Å². The smallest absolute Gasteiger partial charge is 0.0149 e. The number of fused-ring (bicyclic) bond motifs is 1. The fourth-order valence-electron chi connectivity index (χ4n) is 2.65. The standard InChI is InChI=1S/C19H18/c1-15-11-13-17(19-10-6-5-9-18(15)19)14-12-16-7-3-2-4-8-16/h2-11,13H,12,14H2,1H3. The van der Waals surface area contributed by atoms with Crippen molar-refractivity contribution in [3.05, 3.63) is 83.4 Å². The Morgan fingerprint density at radius 1 is 0.632 bits per heavy atom. The molecule has 0 saturated heterocycles. The lowest BCUT2D eigenvalue weighted by Crippen LogP contribution is -1.93. The molecule has 0 unspecified atom stereocenters. The van der Waals surface area contributed by atoms with Gasteiger partial charge in [0.15, 0.2) is 0 Å². The molecule has 0 aliphatic carbocycles. The van der Waals surface area contributed by atoms with Crippen molar-refractivity contribution in [3.8, 4) is 0 Å². The van der Waals surface area contributed by atoms with Gasteiger partial charge >= 0.3 is 0 Å². The molecule has 0 heterocycles. The second-order valence-corrected chi connectivity index (χ2v) is 5.07. The summed E-state index contributed by atoms with van der Waals surface area (Å²) in [6.45, 7) is 2.18. The van der Waals surface area contributed by atoms with Gasteiger partial charge in [0.05, 0.1) is 0 Å². The Morgan fingerprint density at radius 2 is 1.32 bits per heavy atom. The molecule has 19 heavy (non-hydrogen) atoms. The van der Waals surface area contributed by atoms with Gasteiger partial charge in [0, 0.05) is 0 Å². The SMILES string of the molecule is Cc1ccc(CCc2ccccc2)c2ccccc12. The molecule has 3 rings (SSSR count). The van der Waals surface area contributed by atoms with E-state index in [1.165, 1.54) is 27.5 Å². The van der Waals surface area contributed by atoms with Crippen LogP contribution in [0.1, 0.15) is 16.7 Å². The Bertz CT molecular complexity index is 681. The van der Waals surface area contributed by atoms with Crippen molar-refractivity contribution < 1.29 is 0 Å². The van der Waals surface area contributed by atoms with Gasteiger partial charge in [0.25, 0.3) is 0 Å². The summed E-state index contributed by atoms with van der Waals surface area (Å²) in [4.78, 5) is 0. The zero-order chi connectivity index (χ0) is 13.1. The predicted octanol–water partition coefficient (Wildman–Crippen LogP) is 4.93. The molecule has 0 N–H and O–H groups in total. The molecule has 94 valence electrons. The fraction of sp³-hybridized carbons (Fsp3) is 0.158. The normalized spacial score (nSPS) is 10.8. The van der Waals surface area contributed by atoms with Crippen molar-refractivity contribution in [2.75, 3.05) is 0 Å². The summed E-state index contributed by atoms with van der Waals surface area (Å²) in [5.41, 5.74) is 4.22. The van der Waals surface area contributed by atoms with Crippen molar-refractivity contribution in [2.45, 2.75) is 19.8 Å². The number of aryl methyl sites for hydroxylation is 3. The van der Waals surface area contributed by atoms with Crippen molar-refractivity contribution in [1.29, 1.82) is 0 Å². The van der Waals surface area contributed by atoms with E-state index in [-0.39, 0.29) is 0 Å². The Labute approximate surface area is 114 Å². The molecule has 0 radical (unpaired) electrons. The first-order chi connectivity index (χ1) is 9.34. The average molecular weight is 246 g/mol. The fourth-order valence-corrected chi connectivity index (χ4v) is 2.65. The van der Waals surface area contributed by atoms with Gasteiger partial charge in [-0.2, -0.15) is 0 Å². The molecule has 0 spiro atoms. The van der Waals surface area contributed by atoms with Gasteiger partial charge in [-0.25, -0.2) is 0 Å². The van der Waals surface area contributed by atoms with Gasteiger partial charge in [-0.1, -0.05) is 66.7 Å². The first kappa shape index (κ1) is 12.0. The molecule has 0 aromatic heterocycles. The minimum Gasteiger partial charge on any atom is -0.0622 e. The van der Waals surface area contributed by atoms with E-state index in [2.05, 4.69) is 73.7 Å². The van der Waals surface area contributed by atoms with E-state index < -0.39 is 0 Å². The predicted molar refractivity (Wildman–Crippen MR) is 82.5 cm³/mol. The van der Waals surface area contributed by atoms with Crippen LogP contribution in [0.3, 0.4) is 0 Å². The molecular weight excluding hydrogens is 228 g/mol. The maximum Gasteiger partial charge on any atom is -0.0149 e. The summed E-state index contributed by atoms with van der Waals surface area (Å²) in [6, 6.07) is 23.9. The summed E-state index contributed by atoms with van der Waals surface area (Å²) in [6.07, 6.45) is 2.21. The molecule has 0 bridgehead atoms. The number of hydrogen-bond acceptors (Lipinski definition) is 0. The van der Waals surface area contributed by atoms with E-state index >= 15 is 0 Å². The van der Waals surface area contributed by atoms with E-state index in [4.69, 9.17) is 0 Å². The molecule has 0 nitrogen and oxygen atoms in total. The third-order valence-corrected chi connectivity index (χ3v) is 3.76. The lowest BCUT2D eigenvalue weighted by molar-refractivity contribution is 0.969. The monoisotopic (exact) mass is 246 g/mol. The molecular formula is C19H18. The maximum absolute atomic E-state index is 2.28. The summed E-state index contributed by atoms with van der Waals surface area (Å²) < 4.78 is 0. The Morgan fingerprint density at radius 3 is 2.11 bits per heavy atom. The number of benzene rings is 3. The minimum atomic E-state index is 1.10. The zero-order valence-corrected chi connectivity index (χ0v) is 11.3. The lowest BCUT2D eigenvalue weighted by atomic mass is 9.96. The van der Waals surface area contributed by atoms with Gasteiger partial charge in [0.2, 0.25) is 0 Å². The van der Waals surface area contributed by atoms with Gasteiger partial charge in [0.1, 0.15) is 0 Å². The molecule has 0 aliphatic heterocycles. The summed E-state index contributed by atoms with van der Waals surface area (Å²) >= 11 is 0. The van der Waals surface area contributed by atoms with Crippen LogP contribution >= 0.6 is 0 Å². The highest BCUT2D eigenvalue weighted by atomic mass is 14.1. The maximum atomic E-state index is 2.28. The van der Waals surface area contributed by atoms with Gasteiger partial charge in [-0.05, 0) is 47.2 Å².